The smallest absolute Gasteiger partial charge is 0.306 e. The molecule has 2 heterocycles. The number of aliphatic hydroxyl groups is 2. The number of carbonyl (C=O) groups excluding carboxylic acids is 2. The van der Waals surface area contributed by atoms with Gasteiger partial charge < -0.3 is 19.7 Å². The molecule has 1 aromatic heterocycles. The van der Waals surface area contributed by atoms with E-state index < -0.39 is 29.4 Å². The molecule has 0 fully saturated rings. The summed E-state index contributed by atoms with van der Waals surface area (Å²) >= 11 is 1.48. The van der Waals surface area contributed by atoms with Crippen LogP contribution in [-0.4, -0.2) is 40.0 Å². The fraction of sp³-hybridized carbons (Fsp3) is 0.556. The summed E-state index contributed by atoms with van der Waals surface area (Å²) in [6.07, 6.45) is 8.66. The van der Waals surface area contributed by atoms with E-state index in [9.17, 15) is 19.8 Å². The maximum atomic E-state index is 12.7. The third-order valence-corrected chi connectivity index (χ3v) is 7.23. The number of allylic oxidation sites excluding steroid dienone is 2. The van der Waals surface area contributed by atoms with Gasteiger partial charge in [0.1, 0.15) is 23.4 Å². The Morgan fingerprint density at radius 3 is 2.65 bits per heavy atom. The average Bonchev–Trinajstić information content (AvgIpc) is 3.28. The van der Waals surface area contributed by atoms with Gasteiger partial charge in [-0.2, -0.15) is 0 Å². The van der Waals surface area contributed by atoms with Crippen molar-refractivity contribution in [2.45, 2.75) is 84.2 Å². The maximum Gasteiger partial charge on any atom is 0.306 e. The second-order valence-electron chi connectivity index (χ2n) is 9.78. The molecule has 34 heavy (non-hydrogen) atoms. The van der Waals surface area contributed by atoms with Crippen LogP contribution in [0.2, 0.25) is 0 Å². The highest BCUT2D eigenvalue weighted by Gasteiger charge is 2.34. The van der Waals surface area contributed by atoms with Crippen molar-refractivity contribution in [3.05, 3.63) is 58.3 Å². The lowest BCUT2D eigenvalue weighted by atomic mass is 9.87. The molecule has 6 atom stereocenters. The Bertz CT molecular complexity index is 910. The predicted octanol–water partition coefficient (Wildman–Crippen LogP) is 5.06. The second-order valence-corrected chi connectivity index (χ2v) is 10.7. The first-order valence-electron chi connectivity index (χ1n) is 11.7. The number of esters is 2. The molecular weight excluding hydrogens is 452 g/mol. The molecule has 0 saturated heterocycles. The van der Waals surface area contributed by atoms with Crippen LogP contribution in [0.15, 0.2) is 53.5 Å². The minimum absolute atomic E-state index is 0.00129. The molecule has 1 aromatic rings. The molecule has 0 spiro atoms. The van der Waals surface area contributed by atoms with Crippen molar-refractivity contribution >= 4 is 23.3 Å². The summed E-state index contributed by atoms with van der Waals surface area (Å²) < 4.78 is 11.3. The number of ether oxygens (including phenoxy) is 2. The lowest BCUT2D eigenvalue weighted by molar-refractivity contribution is -0.156. The zero-order valence-corrected chi connectivity index (χ0v) is 21.8. The van der Waals surface area contributed by atoms with Crippen LogP contribution in [0, 0.1) is 11.8 Å². The summed E-state index contributed by atoms with van der Waals surface area (Å²) in [5.74, 6) is -1.00. The van der Waals surface area contributed by atoms with E-state index in [0.717, 1.165) is 10.5 Å². The first kappa shape index (κ1) is 28.0. The van der Waals surface area contributed by atoms with Crippen LogP contribution in [0.5, 0.6) is 0 Å². The van der Waals surface area contributed by atoms with Crippen molar-refractivity contribution in [3.63, 3.8) is 0 Å². The van der Waals surface area contributed by atoms with Crippen LogP contribution in [0.25, 0.3) is 0 Å². The van der Waals surface area contributed by atoms with Gasteiger partial charge >= 0.3 is 11.9 Å². The van der Waals surface area contributed by atoms with Crippen molar-refractivity contribution in [1.29, 1.82) is 0 Å². The van der Waals surface area contributed by atoms with E-state index in [4.69, 9.17) is 9.47 Å². The summed E-state index contributed by atoms with van der Waals surface area (Å²) in [5, 5.41) is 23.6. The molecule has 188 valence electrons. The highest BCUT2D eigenvalue weighted by molar-refractivity contribution is 7.10. The van der Waals surface area contributed by atoms with E-state index >= 15 is 0 Å². The molecule has 6 nitrogen and oxygen atoms in total. The molecule has 2 N–H and O–H groups in total. The van der Waals surface area contributed by atoms with Crippen molar-refractivity contribution in [2.75, 3.05) is 0 Å². The number of hydrogen-bond acceptors (Lipinski definition) is 7. The van der Waals surface area contributed by atoms with E-state index in [2.05, 4.69) is 0 Å². The van der Waals surface area contributed by atoms with Gasteiger partial charge in [0, 0.05) is 24.1 Å². The van der Waals surface area contributed by atoms with Gasteiger partial charge in [0.2, 0.25) is 0 Å². The Kier molecular flexibility index (Phi) is 9.85. The number of cyclic esters (lactones) is 1. The zero-order chi connectivity index (χ0) is 25.5. The minimum Gasteiger partial charge on any atom is -0.457 e. The zero-order valence-electron chi connectivity index (χ0n) is 21.0. The highest BCUT2D eigenvalue weighted by Crippen LogP contribution is 2.29. The Hall–Kier alpha value is -2.22. The van der Waals surface area contributed by atoms with Crippen LogP contribution in [-0.2, 0) is 24.7 Å². The molecule has 0 saturated carbocycles. The lowest BCUT2D eigenvalue weighted by Gasteiger charge is -2.32. The van der Waals surface area contributed by atoms with Gasteiger partial charge in [-0.15, -0.1) is 11.3 Å². The molecule has 0 amide bonds. The molecule has 0 bridgehead atoms. The first-order chi connectivity index (χ1) is 15.8. The number of carbonyl (C=O) groups is 2. The summed E-state index contributed by atoms with van der Waals surface area (Å²) in [6, 6.07) is 3.77. The molecule has 0 radical (unpaired) electrons. The van der Waals surface area contributed by atoms with E-state index in [1.807, 2.05) is 50.4 Å². The number of rotatable bonds is 5. The second kappa shape index (κ2) is 12.0. The van der Waals surface area contributed by atoms with E-state index in [-0.39, 0.29) is 24.2 Å². The van der Waals surface area contributed by atoms with E-state index in [1.165, 1.54) is 18.3 Å². The molecular formula is C27H38O6S. The third kappa shape index (κ3) is 8.22. The van der Waals surface area contributed by atoms with Gasteiger partial charge in [0.05, 0.1) is 0 Å². The van der Waals surface area contributed by atoms with Crippen LogP contribution in [0.4, 0.5) is 0 Å². The summed E-state index contributed by atoms with van der Waals surface area (Å²) in [7, 11) is 0. The Balaban J connectivity index is 2.32. The van der Waals surface area contributed by atoms with Crippen LogP contribution in [0.3, 0.4) is 0 Å². The molecule has 1 aliphatic heterocycles. The Labute approximate surface area is 207 Å². The van der Waals surface area contributed by atoms with Crippen molar-refractivity contribution < 1.29 is 29.3 Å². The first-order valence-corrected chi connectivity index (χ1v) is 12.6. The summed E-state index contributed by atoms with van der Waals surface area (Å²) in [4.78, 5) is 25.1. The molecule has 2 rings (SSSR count). The quantitative estimate of drug-likeness (QED) is 0.340. The fourth-order valence-electron chi connectivity index (χ4n) is 3.93. The summed E-state index contributed by atoms with van der Waals surface area (Å²) in [6.45, 7) is 10.4. The van der Waals surface area contributed by atoms with Gasteiger partial charge in [0.25, 0.3) is 0 Å². The SMILES string of the molecule is CC(=O)O[C@H]1/C=C/[C@H](C)[C@@H](/C(C)=C/C=C/C(C)(O)c2cccs2)OC(=O)C[C@H](C)CC[C@@]1(C)O. The molecule has 7 heteroatoms. The number of thiophene rings is 1. The van der Waals surface area contributed by atoms with Crippen molar-refractivity contribution in [2.24, 2.45) is 11.8 Å². The normalized spacial score (nSPS) is 32.2. The molecule has 1 unspecified atom stereocenters. The van der Waals surface area contributed by atoms with Gasteiger partial charge in [0.15, 0.2) is 0 Å². The van der Waals surface area contributed by atoms with Crippen LogP contribution >= 0.6 is 11.3 Å². The Morgan fingerprint density at radius 2 is 2.03 bits per heavy atom. The fourth-order valence-corrected chi connectivity index (χ4v) is 4.70. The van der Waals surface area contributed by atoms with Crippen molar-refractivity contribution in [1.82, 2.24) is 0 Å². The Morgan fingerprint density at radius 1 is 1.32 bits per heavy atom. The largest absolute Gasteiger partial charge is 0.457 e. The summed E-state index contributed by atoms with van der Waals surface area (Å²) in [5.41, 5.74) is -1.54. The monoisotopic (exact) mass is 490 g/mol. The predicted molar refractivity (Wildman–Crippen MR) is 134 cm³/mol. The van der Waals surface area contributed by atoms with Gasteiger partial charge in [-0.25, -0.2) is 0 Å². The van der Waals surface area contributed by atoms with Crippen molar-refractivity contribution in [3.8, 4) is 0 Å². The van der Waals surface area contributed by atoms with E-state index in [1.54, 1.807) is 32.1 Å². The minimum atomic E-state index is -1.25. The van der Waals surface area contributed by atoms with Crippen LogP contribution in [0.1, 0.15) is 65.7 Å². The third-order valence-electron chi connectivity index (χ3n) is 6.14. The van der Waals surface area contributed by atoms with E-state index in [0.29, 0.717) is 12.8 Å². The molecule has 0 aliphatic carbocycles. The van der Waals surface area contributed by atoms with Gasteiger partial charge in [-0.3, -0.25) is 9.59 Å². The molecule has 0 aromatic carbocycles. The maximum absolute atomic E-state index is 12.7. The number of hydrogen-bond donors (Lipinski definition) is 2. The van der Waals surface area contributed by atoms with Gasteiger partial charge in [-0.05, 0) is 68.7 Å². The molecule has 1 aliphatic rings. The topological polar surface area (TPSA) is 93.1 Å². The lowest BCUT2D eigenvalue weighted by Crippen LogP contribution is -2.41. The van der Waals surface area contributed by atoms with Crippen LogP contribution < -0.4 is 0 Å². The highest BCUT2D eigenvalue weighted by atomic mass is 32.1. The standard InChI is InChI=1S/C27H38O6S/c1-18-13-15-26(5,30)22(32-21(4)28)12-11-20(3)25(33-24(29)17-18)19(2)9-7-14-27(6,31)23-10-8-16-34-23/h7-12,14,16,18,20,22,25,30-31H,13,15,17H2,1-6H3/b12-11+,14-7+,19-9+/t18-,20+,22+,25-,26-,27?/m1/s1. The van der Waals surface area contributed by atoms with Gasteiger partial charge in [-0.1, -0.05) is 38.1 Å². The average molecular weight is 491 g/mol.